The third kappa shape index (κ3) is 2.69. The lowest BCUT2D eigenvalue weighted by Crippen LogP contribution is -2.09. The first-order valence-electron chi connectivity index (χ1n) is 4.23. The summed E-state index contributed by atoms with van der Waals surface area (Å²) in [6.45, 7) is 4.56. The van der Waals surface area contributed by atoms with Crippen molar-refractivity contribution in [3.8, 4) is 0 Å². The number of benzene rings is 1. The lowest BCUT2D eigenvalue weighted by Gasteiger charge is -2.12. The first-order valence-corrected chi connectivity index (χ1v) is 4.60. The molecule has 0 aliphatic carbocycles. The van der Waals surface area contributed by atoms with Gasteiger partial charge in [-0.15, -0.1) is 0 Å². The molecule has 1 atom stereocenters. The summed E-state index contributed by atoms with van der Waals surface area (Å²) in [5, 5.41) is 0.773. The van der Waals surface area contributed by atoms with E-state index in [1.165, 1.54) is 5.56 Å². The van der Waals surface area contributed by atoms with E-state index in [0.29, 0.717) is 6.61 Å². The molecule has 0 saturated carbocycles. The molecule has 0 spiro atoms. The van der Waals surface area contributed by atoms with E-state index in [4.69, 9.17) is 17.5 Å². The van der Waals surface area contributed by atoms with Crippen LogP contribution < -0.4 is 5.90 Å². The van der Waals surface area contributed by atoms with Gasteiger partial charge in [0, 0.05) is 10.9 Å². The molecule has 0 aromatic heterocycles. The Bertz CT molecular complexity index is 288. The Morgan fingerprint density at radius 1 is 1.54 bits per heavy atom. The highest BCUT2D eigenvalue weighted by Crippen LogP contribution is 2.25. The third-order valence-electron chi connectivity index (χ3n) is 2.03. The van der Waals surface area contributed by atoms with E-state index in [1.807, 2.05) is 26.0 Å². The average molecular weight is 200 g/mol. The Hall–Kier alpha value is -0.570. The van der Waals surface area contributed by atoms with E-state index < -0.39 is 0 Å². The highest BCUT2D eigenvalue weighted by molar-refractivity contribution is 6.31. The first kappa shape index (κ1) is 10.5. The molecule has 0 fully saturated rings. The zero-order valence-electron chi connectivity index (χ0n) is 7.88. The molecule has 0 bridgehead atoms. The molecule has 2 nitrogen and oxygen atoms in total. The van der Waals surface area contributed by atoms with Gasteiger partial charge in [0.25, 0.3) is 0 Å². The number of nitrogens with two attached hydrogens (primary N) is 1. The number of hydrogen-bond donors (Lipinski definition) is 1. The summed E-state index contributed by atoms with van der Waals surface area (Å²) in [6.07, 6.45) is 0. The van der Waals surface area contributed by atoms with Crippen molar-refractivity contribution >= 4 is 11.6 Å². The van der Waals surface area contributed by atoms with Gasteiger partial charge >= 0.3 is 0 Å². The molecule has 13 heavy (non-hydrogen) atoms. The van der Waals surface area contributed by atoms with Gasteiger partial charge in [0.05, 0.1) is 6.61 Å². The molecule has 0 saturated heterocycles. The fourth-order valence-electron chi connectivity index (χ4n) is 1.27. The molecule has 1 unspecified atom stereocenters. The third-order valence-corrected chi connectivity index (χ3v) is 2.37. The van der Waals surface area contributed by atoms with Gasteiger partial charge in [-0.1, -0.05) is 36.2 Å². The van der Waals surface area contributed by atoms with Gasteiger partial charge in [-0.25, -0.2) is 5.90 Å². The van der Waals surface area contributed by atoms with Gasteiger partial charge in [-0.3, -0.25) is 0 Å². The van der Waals surface area contributed by atoms with E-state index in [9.17, 15) is 0 Å². The Balaban J connectivity index is 2.91. The largest absolute Gasteiger partial charge is 0.304 e. The normalized spacial score (nSPS) is 12.9. The second-order valence-electron chi connectivity index (χ2n) is 3.26. The van der Waals surface area contributed by atoms with Crippen LogP contribution >= 0.6 is 11.6 Å². The summed E-state index contributed by atoms with van der Waals surface area (Å²) >= 11 is 6.03. The molecular weight excluding hydrogens is 186 g/mol. The fourth-order valence-corrected chi connectivity index (χ4v) is 1.58. The van der Waals surface area contributed by atoms with Gasteiger partial charge in [0.1, 0.15) is 0 Å². The van der Waals surface area contributed by atoms with E-state index in [1.54, 1.807) is 0 Å². The summed E-state index contributed by atoms with van der Waals surface area (Å²) in [6, 6.07) is 5.95. The van der Waals surface area contributed by atoms with Gasteiger partial charge in [0.15, 0.2) is 0 Å². The van der Waals surface area contributed by atoms with Crippen LogP contribution in [0.1, 0.15) is 24.0 Å². The van der Waals surface area contributed by atoms with E-state index in [2.05, 4.69) is 10.9 Å². The molecule has 0 radical (unpaired) electrons. The van der Waals surface area contributed by atoms with Crippen molar-refractivity contribution in [3.05, 3.63) is 34.3 Å². The molecule has 0 aliphatic heterocycles. The van der Waals surface area contributed by atoms with Crippen molar-refractivity contribution in [3.63, 3.8) is 0 Å². The molecular formula is C10H14ClNO. The second kappa shape index (κ2) is 4.61. The van der Waals surface area contributed by atoms with Crippen LogP contribution in [0, 0.1) is 6.92 Å². The Morgan fingerprint density at radius 3 is 2.85 bits per heavy atom. The fraction of sp³-hybridized carbons (Fsp3) is 0.400. The second-order valence-corrected chi connectivity index (χ2v) is 3.67. The van der Waals surface area contributed by atoms with Crippen LogP contribution in [-0.2, 0) is 4.84 Å². The molecule has 2 N–H and O–H groups in total. The Morgan fingerprint density at radius 2 is 2.23 bits per heavy atom. The number of hydrogen-bond acceptors (Lipinski definition) is 2. The van der Waals surface area contributed by atoms with Crippen molar-refractivity contribution < 1.29 is 4.84 Å². The van der Waals surface area contributed by atoms with Crippen LogP contribution in [0.3, 0.4) is 0 Å². The molecule has 0 amide bonds. The number of rotatable bonds is 3. The standard InChI is InChI=1S/C10H14ClNO/c1-7-3-4-10(11)9(5-7)8(2)6-13-12/h3-5,8H,6,12H2,1-2H3. The maximum atomic E-state index is 6.03. The summed E-state index contributed by atoms with van der Waals surface area (Å²) in [5.74, 6) is 5.25. The van der Waals surface area contributed by atoms with Crippen LogP contribution in [0.15, 0.2) is 18.2 Å². The zero-order valence-corrected chi connectivity index (χ0v) is 8.64. The van der Waals surface area contributed by atoms with Crippen molar-refractivity contribution in [2.45, 2.75) is 19.8 Å². The summed E-state index contributed by atoms with van der Waals surface area (Å²) in [4.78, 5) is 4.59. The molecule has 1 aromatic rings. The molecule has 0 aliphatic rings. The van der Waals surface area contributed by atoms with Crippen molar-refractivity contribution in [1.82, 2.24) is 0 Å². The quantitative estimate of drug-likeness (QED) is 0.760. The maximum absolute atomic E-state index is 6.03. The predicted molar refractivity (Wildman–Crippen MR) is 54.7 cm³/mol. The first-order chi connectivity index (χ1) is 6.15. The zero-order chi connectivity index (χ0) is 9.84. The van der Waals surface area contributed by atoms with Crippen molar-refractivity contribution in [2.24, 2.45) is 5.90 Å². The molecule has 0 heterocycles. The van der Waals surface area contributed by atoms with Crippen molar-refractivity contribution in [1.29, 1.82) is 0 Å². The van der Waals surface area contributed by atoms with Crippen LogP contribution in [0.4, 0.5) is 0 Å². The van der Waals surface area contributed by atoms with Crippen LogP contribution in [0.5, 0.6) is 0 Å². The molecule has 1 aromatic carbocycles. The molecule has 72 valence electrons. The highest BCUT2D eigenvalue weighted by atomic mass is 35.5. The minimum atomic E-state index is 0.234. The number of aryl methyl sites for hydroxylation is 1. The summed E-state index contributed by atoms with van der Waals surface area (Å²) in [7, 11) is 0. The van der Waals surface area contributed by atoms with Crippen LogP contribution in [0.2, 0.25) is 5.02 Å². The minimum absolute atomic E-state index is 0.234. The number of halogens is 1. The molecule has 1 rings (SSSR count). The Labute approximate surface area is 83.6 Å². The van der Waals surface area contributed by atoms with Gasteiger partial charge < -0.3 is 4.84 Å². The predicted octanol–water partition coefficient (Wildman–Crippen LogP) is 2.64. The maximum Gasteiger partial charge on any atom is 0.0745 e. The summed E-state index contributed by atoms with van der Waals surface area (Å²) in [5.41, 5.74) is 2.29. The lowest BCUT2D eigenvalue weighted by molar-refractivity contribution is 0.126. The van der Waals surface area contributed by atoms with Gasteiger partial charge in [-0.2, -0.15) is 0 Å². The molecule has 3 heteroatoms. The van der Waals surface area contributed by atoms with Gasteiger partial charge in [-0.05, 0) is 18.6 Å². The van der Waals surface area contributed by atoms with Crippen LogP contribution in [-0.4, -0.2) is 6.61 Å². The van der Waals surface area contributed by atoms with Crippen LogP contribution in [0.25, 0.3) is 0 Å². The Kier molecular flexibility index (Phi) is 3.72. The van der Waals surface area contributed by atoms with E-state index >= 15 is 0 Å². The SMILES string of the molecule is Cc1ccc(Cl)c(C(C)CON)c1. The van der Waals surface area contributed by atoms with E-state index in [0.717, 1.165) is 10.6 Å². The monoisotopic (exact) mass is 199 g/mol. The lowest BCUT2D eigenvalue weighted by atomic mass is 10.0. The topological polar surface area (TPSA) is 35.2 Å². The smallest absolute Gasteiger partial charge is 0.0745 e. The minimum Gasteiger partial charge on any atom is -0.304 e. The van der Waals surface area contributed by atoms with Crippen molar-refractivity contribution in [2.75, 3.05) is 6.61 Å². The van der Waals surface area contributed by atoms with E-state index in [-0.39, 0.29) is 5.92 Å². The summed E-state index contributed by atoms with van der Waals surface area (Å²) < 4.78 is 0. The van der Waals surface area contributed by atoms with Gasteiger partial charge in [0.2, 0.25) is 0 Å². The average Bonchev–Trinajstić information content (AvgIpc) is 2.09. The highest BCUT2D eigenvalue weighted by Gasteiger charge is 2.09.